The molecule has 148 valence electrons. The Bertz CT molecular complexity index is 1210. The van der Waals surface area contributed by atoms with Crippen molar-refractivity contribution in [2.75, 3.05) is 0 Å². The summed E-state index contributed by atoms with van der Waals surface area (Å²) >= 11 is 1.78. The fourth-order valence-electron chi connectivity index (χ4n) is 3.69. The van der Waals surface area contributed by atoms with Gasteiger partial charge in [-0.2, -0.15) is 0 Å². The number of aromatic nitrogens is 1. The van der Waals surface area contributed by atoms with Gasteiger partial charge in [0.1, 0.15) is 5.76 Å². The smallest absolute Gasteiger partial charge is 0.226 e. The minimum Gasteiger partial charge on any atom is -0.441 e. The lowest BCUT2D eigenvalue weighted by molar-refractivity contribution is 0.529. The number of aliphatic imine (C=N–C) groups is 1. The predicted molar refractivity (Wildman–Crippen MR) is 123 cm³/mol. The highest BCUT2D eigenvalue weighted by Gasteiger charge is 2.18. The van der Waals surface area contributed by atoms with E-state index in [9.17, 15) is 0 Å². The average molecular weight is 411 g/mol. The van der Waals surface area contributed by atoms with E-state index in [0.29, 0.717) is 5.89 Å². The van der Waals surface area contributed by atoms with Crippen LogP contribution in [0.1, 0.15) is 36.7 Å². The van der Waals surface area contributed by atoms with Crippen molar-refractivity contribution in [3.63, 3.8) is 0 Å². The summed E-state index contributed by atoms with van der Waals surface area (Å²) in [7, 11) is 0. The van der Waals surface area contributed by atoms with Gasteiger partial charge in [0.05, 0.1) is 11.9 Å². The molecule has 0 bridgehead atoms. The second-order valence-corrected chi connectivity index (χ2v) is 8.47. The quantitative estimate of drug-likeness (QED) is 0.346. The van der Waals surface area contributed by atoms with Crippen molar-refractivity contribution in [2.45, 2.75) is 36.0 Å². The van der Waals surface area contributed by atoms with Crippen LogP contribution in [0.4, 0.5) is 5.69 Å². The maximum absolute atomic E-state index is 6.07. The minimum atomic E-state index is 0.641. The average Bonchev–Trinajstić information content (AvgIpc) is 3.17. The molecular weight excluding hydrogens is 388 g/mol. The van der Waals surface area contributed by atoms with Gasteiger partial charge in [0.15, 0.2) is 0 Å². The molecular formula is C26H22N2OS. The van der Waals surface area contributed by atoms with E-state index in [1.807, 2.05) is 24.4 Å². The lowest BCUT2D eigenvalue weighted by Crippen LogP contribution is -2.00. The van der Waals surface area contributed by atoms with E-state index < -0.39 is 0 Å². The zero-order valence-corrected chi connectivity index (χ0v) is 17.7. The van der Waals surface area contributed by atoms with Gasteiger partial charge in [0.2, 0.25) is 5.89 Å². The first-order chi connectivity index (χ1) is 14.8. The molecule has 0 atom stereocenters. The van der Waals surface area contributed by atoms with Crippen molar-refractivity contribution in [2.24, 2.45) is 4.99 Å². The molecule has 5 rings (SSSR count). The number of hydrogen-bond acceptors (Lipinski definition) is 4. The van der Waals surface area contributed by atoms with Gasteiger partial charge in [-0.25, -0.2) is 4.98 Å². The van der Waals surface area contributed by atoms with Gasteiger partial charge in [-0.3, -0.25) is 4.99 Å². The Hall–Kier alpha value is -3.11. The highest BCUT2D eigenvalue weighted by Crippen LogP contribution is 2.42. The SMILES string of the molecule is CCCC1=Nc2cc(-c3ncc(Cc4ccccc4)o3)ccc2Sc2ccccc21. The van der Waals surface area contributed by atoms with Crippen molar-refractivity contribution in [1.82, 2.24) is 4.98 Å². The molecule has 3 aromatic carbocycles. The highest BCUT2D eigenvalue weighted by atomic mass is 32.2. The molecule has 0 fully saturated rings. The summed E-state index contributed by atoms with van der Waals surface area (Å²) in [5.74, 6) is 1.51. The first kappa shape index (κ1) is 18.9. The van der Waals surface area contributed by atoms with E-state index in [1.54, 1.807) is 11.8 Å². The van der Waals surface area contributed by atoms with Crippen molar-refractivity contribution >= 4 is 23.2 Å². The Kier molecular flexibility index (Phi) is 5.24. The van der Waals surface area contributed by atoms with Crippen molar-refractivity contribution in [3.05, 3.63) is 95.9 Å². The predicted octanol–water partition coefficient (Wildman–Crippen LogP) is 7.32. The standard InChI is InChI=1S/C26H22N2OS/c1-2-8-22-21-11-6-7-12-24(21)30-25-14-13-19(16-23(25)28-22)26-27-17-20(29-26)15-18-9-4-3-5-10-18/h3-7,9-14,16-17H,2,8,15H2,1H3. The fraction of sp³-hybridized carbons (Fsp3) is 0.154. The van der Waals surface area contributed by atoms with E-state index in [1.165, 1.54) is 16.0 Å². The third kappa shape index (κ3) is 3.83. The van der Waals surface area contributed by atoms with Crippen LogP contribution in [0.2, 0.25) is 0 Å². The summed E-state index contributed by atoms with van der Waals surface area (Å²) in [4.78, 5) is 12.0. The third-order valence-electron chi connectivity index (χ3n) is 5.14. The molecule has 4 heteroatoms. The Morgan fingerprint density at radius 1 is 0.900 bits per heavy atom. The third-order valence-corrected chi connectivity index (χ3v) is 6.28. The maximum atomic E-state index is 6.07. The van der Waals surface area contributed by atoms with Gasteiger partial charge < -0.3 is 4.42 Å². The summed E-state index contributed by atoms with van der Waals surface area (Å²) in [6.45, 7) is 2.20. The van der Waals surface area contributed by atoms with Crippen LogP contribution >= 0.6 is 11.8 Å². The summed E-state index contributed by atoms with van der Waals surface area (Å²) in [5.41, 5.74) is 5.54. The van der Waals surface area contributed by atoms with Crippen molar-refractivity contribution in [1.29, 1.82) is 0 Å². The summed E-state index contributed by atoms with van der Waals surface area (Å²) in [5, 5.41) is 0. The molecule has 30 heavy (non-hydrogen) atoms. The van der Waals surface area contributed by atoms with Crippen LogP contribution in [0.3, 0.4) is 0 Å². The van der Waals surface area contributed by atoms with Gasteiger partial charge in [0.25, 0.3) is 0 Å². The van der Waals surface area contributed by atoms with Crippen LogP contribution in [0.15, 0.2) is 98.2 Å². The fourth-order valence-corrected chi connectivity index (χ4v) is 4.71. The molecule has 0 radical (unpaired) electrons. The van der Waals surface area contributed by atoms with Gasteiger partial charge >= 0.3 is 0 Å². The Morgan fingerprint density at radius 3 is 2.60 bits per heavy atom. The van der Waals surface area contributed by atoms with Crippen LogP contribution in [0, 0.1) is 0 Å². The Morgan fingerprint density at radius 2 is 1.73 bits per heavy atom. The second-order valence-electron chi connectivity index (χ2n) is 7.38. The van der Waals surface area contributed by atoms with E-state index >= 15 is 0 Å². The molecule has 0 N–H and O–H groups in total. The van der Waals surface area contributed by atoms with E-state index in [0.717, 1.165) is 46.9 Å². The van der Waals surface area contributed by atoms with Crippen LogP contribution in [-0.2, 0) is 6.42 Å². The molecule has 0 saturated carbocycles. The zero-order chi connectivity index (χ0) is 20.3. The number of hydrogen-bond donors (Lipinski definition) is 0. The normalized spacial score (nSPS) is 12.6. The maximum Gasteiger partial charge on any atom is 0.226 e. The molecule has 0 saturated heterocycles. The molecule has 3 nitrogen and oxygen atoms in total. The largest absolute Gasteiger partial charge is 0.441 e. The van der Waals surface area contributed by atoms with Crippen LogP contribution in [0.25, 0.3) is 11.5 Å². The van der Waals surface area contributed by atoms with E-state index in [2.05, 4.69) is 66.5 Å². The highest BCUT2D eigenvalue weighted by molar-refractivity contribution is 7.99. The number of fused-ring (bicyclic) bond motifs is 2. The summed E-state index contributed by atoms with van der Waals surface area (Å²) < 4.78 is 6.07. The summed E-state index contributed by atoms with van der Waals surface area (Å²) in [6.07, 6.45) is 4.59. The van der Waals surface area contributed by atoms with Gasteiger partial charge in [0, 0.05) is 33.1 Å². The molecule has 0 spiro atoms. The number of nitrogens with zero attached hydrogens (tertiary/aromatic N) is 2. The lowest BCUT2D eigenvalue weighted by Gasteiger charge is -2.07. The lowest BCUT2D eigenvalue weighted by atomic mass is 10.1. The monoisotopic (exact) mass is 410 g/mol. The first-order valence-corrected chi connectivity index (χ1v) is 11.1. The first-order valence-electron chi connectivity index (χ1n) is 10.3. The topological polar surface area (TPSA) is 38.4 Å². The molecule has 4 aromatic rings. The molecule has 1 aliphatic heterocycles. The van der Waals surface area contributed by atoms with Gasteiger partial charge in [-0.1, -0.05) is 73.6 Å². The number of benzene rings is 3. The van der Waals surface area contributed by atoms with Crippen molar-refractivity contribution in [3.8, 4) is 11.5 Å². The van der Waals surface area contributed by atoms with Crippen LogP contribution < -0.4 is 0 Å². The van der Waals surface area contributed by atoms with Gasteiger partial charge in [-0.05, 0) is 36.2 Å². The number of oxazole rings is 1. The second kappa shape index (κ2) is 8.33. The molecule has 0 aliphatic carbocycles. The molecule has 0 amide bonds. The van der Waals surface area contributed by atoms with Crippen molar-refractivity contribution < 1.29 is 4.42 Å². The molecule has 0 unspecified atom stereocenters. The minimum absolute atomic E-state index is 0.641. The van der Waals surface area contributed by atoms with E-state index in [4.69, 9.17) is 9.41 Å². The van der Waals surface area contributed by atoms with E-state index in [-0.39, 0.29) is 0 Å². The molecule has 2 heterocycles. The molecule has 1 aliphatic rings. The van der Waals surface area contributed by atoms with Crippen LogP contribution in [-0.4, -0.2) is 10.7 Å². The Balaban J connectivity index is 1.49. The summed E-state index contributed by atoms with van der Waals surface area (Å²) in [6, 6.07) is 25.2. The van der Waals surface area contributed by atoms with Crippen LogP contribution in [0.5, 0.6) is 0 Å². The van der Waals surface area contributed by atoms with Gasteiger partial charge in [-0.15, -0.1) is 0 Å². The zero-order valence-electron chi connectivity index (χ0n) is 16.8. The molecule has 1 aromatic heterocycles. The Labute approximate surface area is 180 Å². The number of rotatable bonds is 5.